The predicted octanol–water partition coefficient (Wildman–Crippen LogP) is 0.558. The van der Waals surface area contributed by atoms with E-state index >= 15 is 0 Å². The number of aliphatic hydroxyl groups is 1. The van der Waals surface area contributed by atoms with Crippen LogP contribution in [0, 0.1) is 0 Å². The number of ketones is 2. The average Bonchev–Trinajstić information content (AvgIpc) is 3.94. The second-order valence-electron chi connectivity index (χ2n) is 13.7. The van der Waals surface area contributed by atoms with Gasteiger partial charge < -0.3 is 65.2 Å². The molecule has 0 aromatic heterocycles. The summed E-state index contributed by atoms with van der Waals surface area (Å²) < 4.78 is 5.63. The number of aliphatic hydroxyl groups excluding tert-OH is 1. The Kier molecular flexibility index (Phi) is 48.5. The molecule has 2 saturated heterocycles. The van der Waals surface area contributed by atoms with E-state index in [2.05, 4.69) is 5.32 Å². The number of nitrogens with two attached hydrogens (primary N) is 4. The molecule has 54 heavy (non-hydrogen) atoms. The highest BCUT2D eigenvalue weighted by molar-refractivity contribution is 6.18. The number of epoxide rings is 1. The van der Waals surface area contributed by atoms with E-state index in [0.717, 1.165) is 121 Å². The molecule has 1 unspecified atom stereocenters. The number of nitrogens with zero attached hydrogens (tertiary/aromatic N) is 1. The summed E-state index contributed by atoms with van der Waals surface area (Å²) in [6.07, 6.45) is 14.6. The number of carboxylic acid groups (broad SMARTS) is 2. The van der Waals surface area contributed by atoms with Gasteiger partial charge in [0, 0.05) is 64.5 Å². The minimum atomic E-state index is -0.870. The van der Waals surface area contributed by atoms with E-state index in [1.54, 1.807) is 0 Å². The molecule has 0 aliphatic carbocycles. The lowest BCUT2D eigenvalue weighted by atomic mass is 10.0. The van der Waals surface area contributed by atoms with Crippen LogP contribution in [0.3, 0.4) is 0 Å². The highest BCUT2D eigenvalue weighted by Crippen LogP contribution is 2.23. The topological polar surface area (TPSA) is 258 Å². The van der Waals surface area contributed by atoms with Crippen molar-refractivity contribution in [1.29, 1.82) is 0 Å². The number of alkyl halides is 1. The number of nitrogens with one attached hydrogen (secondary N) is 1. The number of Topliss-reactive ketones (excluding diaryl/α,β-unsaturated/α-hetero) is 2. The lowest BCUT2D eigenvalue weighted by Gasteiger charge is -2.48. The summed E-state index contributed by atoms with van der Waals surface area (Å²) in [5.41, 5.74) is 21.1. The summed E-state index contributed by atoms with van der Waals surface area (Å²) in [7, 11) is 0. The van der Waals surface area contributed by atoms with E-state index in [-0.39, 0.29) is 31.4 Å². The van der Waals surface area contributed by atoms with Crippen LogP contribution < -0.4 is 40.7 Å². The number of carbonyl (C=O) groups is 4. The number of quaternary nitrogens is 1. The van der Waals surface area contributed by atoms with E-state index in [9.17, 15) is 24.3 Å². The molecule has 12 N–H and O–H groups in total. The Hall–Kier alpha value is -1.46. The highest BCUT2D eigenvalue weighted by Gasteiger charge is 2.42. The highest BCUT2D eigenvalue weighted by atomic mass is 35.5. The summed E-state index contributed by atoms with van der Waals surface area (Å²) in [4.78, 5) is 42.9. The van der Waals surface area contributed by atoms with Crippen molar-refractivity contribution in [3.63, 3.8) is 0 Å². The molecule has 324 valence electrons. The molecule has 0 aromatic carbocycles. The first-order chi connectivity index (χ1) is 25.4. The lowest BCUT2D eigenvalue weighted by molar-refractivity contribution is -0.972. The van der Waals surface area contributed by atoms with Crippen LogP contribution in [-0.2, 0) is 23.9 Å². The summed E-state index contributed by atoms with van der Waals surface area (Å²) in [5.74, 6) is -0.361. The molecule has 1 atom stereocenters. The first-order valence-electron chi connectivity index (χ1n) is 20.1. The fraction of sp³-hybridized carbons (Fsp3) is 0.895. The number of hydrogen-bond donors (Lipinski definition) is 8. The molecule has 0 bridgehead atoms. The normalized spacial score (nSPS) is 14.8. The van der Waals surface area contributed by atoms with Crippen molar-refractivity contribution in [3.05, 3.63) is 0 Å². The van der Waals surface area contributed by atoms with Gasteiger partial charge in [-0.2, -0.15) is 0 Å². The molecule has 2 heterocycles. The summed E-state index contributed by atoms with van der Waals surface area (Å²) in [6.45, 7) is 13.6. The van der Waals surface area contributed by atoms with Gasteiger partial charge in [-0.3, -0.25) is 19.2 Å². The average molecular weight is 820 g/mol. The van der Waals surface area contributed by atoms with Gasteiger partial charge in [0.2, 0.25) is 0 Å². The third kappa shape index (κ3) is 46.7. The molecule has 16 heteroatoms. The number of hydrogen-bond acceptors (Lipinski definition) is 11. The van der Waals surface area contributed by atoms with Crippen molar-refractivity contribution in [2.75, 3.05) is 77.9 Å². The zero-order valence-corrected chi connectivity index (χ0v) is 35.3. The van der Waals surface area contributed by atoms with Gasteiger partial charge in [0.05, 0.1) is 31.7 Å². The van der Waals surface area contributed by atoms with Crippen molar-refractivity contribution in [3.8, 4) is 0 Å². The molecule has 0 saturated carbocycles. The number of ether oxygens (including phenoxy) is 1. The van der Waals surface area contributed by atoms with Gasteiger partial charge >= 0.3 is 11.9 Å². The fourth-order valence-electron chi connectivity index (χ4n) is 5.32. The van der Waals surface area contributed by atoms with E-state index in [1.165, 1.54) is 19.3 Å². The number of rotatable bonds is 29. The Morgan fingerprint density at radius 1 is 0.648 bits per heavy atom. The third-order valence-electron chi connectivity index (χ3n) is 8.32. The van der Waals surface area contributed by atoms with Gasteiger partial charge in [0.25, 0.3) is 0 Å². The van der Waals surface area contributed by atoms with Gasteiger partial charge in [-0.1, -0.05) is 26.7 Å². The maximum atomic E-state index is 11.6. The Bertz CT molecular complexity index is 816. The second-order valence-corrected chi connectivity index (χ2v) is 14.0. The van der Waals surface area contributed by atoms with Crippen LogP contribution in [-0.4, -0.2) is 133 Å². The maximum Gasteiger partial charge on any atom is 0.303 e. The summed E-state index contributed by atoms with van der Waals surface area (Å²) in [6, 6.07) is 0. The van der Waals surface area contributed by atoms with Gasteiger partial charge in [0.15, 0.2) is 6.10 Å². The molecule has 2 aliphatic rings. The lowest BCUT2D eigenvalue weighted by Crippen LogP contribution is -3.00. The van der Waals surface area contributed by atoms with Crippen molar-refractivity contribution in [2.24, 2.45) is 22.9 Å². The third-order valence-corrected chi connectivity index (χ3v) is 8.67. The van der Waals surface area contributed by atoms with E-state index in [1.807, 2.05) is 13.8 Å². The standard InChI is InChI=1S/C17H32NO3.C7H19N3.C6H10O4.C5H14N2.C3H5ClO.ClH/c1-3-7-15(19)9-5-11-18(13-17(21)14-18)12-6-10-16(20)8-4-2;8-4-2-1-3-6-10-7-5-9;7-5(8)3-1-2-4-6(9)10;6-4-2-1-3-5-7;4-1-3-2-5-3;/h17,21H,3-14H2,1-2H3;10H,1-9H2;1-4H2,(H,7,8)(H,9,10);1-7H2;3H,1-2H2;1H/q+1;;;;;/p-1. The quantitative estimate of drug-likeness (QED) is 0.0223. The van der Waals surface area contributed by atoms with Crippen molar-refractivity contribution in [1.82, 2.24) is 5.32 Å². The molecule has 2 fully saturated rings. The molecule has 0 spiro atoms. The van der Waals surface area contributed by atoms with E-state index in [4.69, 9.17) is 49.5 Å². The number of likely N-dealkylation sites (tertiary alicyclic amines) is 1. The summed E-state index contributed by atoms with van der Waals surface area (Å²) >= 11 is 5.27. The number of carbonyl (C=O) groups excluding carboxylic acids is 2. The van der Waals surface area contributed by atoms with Crippen molar-refractivity contribution < 1.29 is 56.1 Å². The number of unbranched alkanes of at least 4 members (excludes halogenated alkanes) is 5. The monoisotopic (exact) mass is 819 g/mol. The second kappa shape index (κ2) is 44.3. The Balaban J connectivity index is -0.000000319. The molecular weight excluding hydrogens is 739 g/mol. The molecule has 0 amide bonds. The smallest absolute Gasteiger partial charge is 0.303 e. The zero-order valence-electron chi connectivity index (χ0n) is 33.8. The van der Waals surface area contributed by atoms with Crippen LogP contribution in [0.5, 0.6) is 0 Å². The van der Waals surface area contributed by atoms with E-state index in [0.29, 0.717) is 62.1 Å². The van der Waals surface area contributed by atoms with Crippen LogP contribution >= 0.6 is 11.6 Å². The molecule has 2 rings (SSSR count). The van der Waals surface area contributed by atoms with Gasteiger partial charge in [-0.15, -0.1) is 11.6 Å². The number of halogens is 2. The van der Waals surface area contributed by atoms with Crippen LogP contribution in [0.4, 0.5) is 0 Å². The Morgan fingerprint density at radius 2 is 1.07 bits per heavy atom. The molecule has 14 nitrogen and oxygen atoms in total. The number of carboxylic acids is 2. The van der Waals surface area contributed by atoms with Crippen LogP contribution in [0.15, 0.2) is 0 Å². The van der Waals surface area contributed by atoms with Crippen molar-refractivity contribution >= 4 is 35.1 Å². The molecular formula is C38H80Cl2N6O8. The van der Waals surface area contributed by atoms with Crippen LogP contribution in [0.25, 0.3) is 0 Å². The molecule has 0 aromatic rings. The van der Waals surface area contributed by atoms with Gasteiger partial charge in [-0.05, 0) is 77.5 Å². The van der Waals surface area contributed by atoms with Crippen LogP contribution in [0.1, 0.15) is 129 Å². The minimum Gasteiger partial charge on any atom is -1.00 e. The predicted molar refractivity (Wildman–Crippen MR) is 215 cm³/mol. The maximum absolute atomic E-state index is 11.6. The van der Waals surface area contributed by atoms with E-state index < -0.39 is 11.9 Å². The molecule has 2 aliphatic heterocycles. The Morgan fingerprint density at radius 3 is 1.37 bits per heavy atom. The minimum absolute atomic E-state index is 0. The fourth-order valence-corrected chi connectivity index (χ4v) is 5.50. The van der Waals surface area contributed by atoms with Gasteiger partial charge in [-0.25, -0.2) is 0 Å². The molecule has 0 radical (unpaired) electrons. The SMILES string of the molecule is CCCC(=O)CCC[N+]1(CCCC(=O)CCC)CC(O)C1.ClCC1CO1.NCCCCCN.NCCCCCNCCN.O=C(O)CCCCC(=O)O.[Cl-]. The zero-order chi connectivity index (χ0) is 40.6. The first kappa shape index (κ1) is 59.2. The van der Waals surface area contributed by atoms with Gasteiger partial charge in [0.1, 0.15) is 24.7 Å². The number of aliphatic carboxylic acids is 2. The first-order valence-corrected chi connectivity index (χ1v) is 20.6. The van der Waals surface area contributed by atoms with Crippen molar-refractivity contribution in [2.45, 2.75) is 142 Å². The Labute approximate surface area is 338 Å². The summed E-state index contributed by atoms with van der Waals surface area (Å²) in [5, 5.41) is 29.1. The van der Waals surface area contributed by atoms with Crippen LogP contribution in [0.2, 0.25) is 0 Å². The largest absolute Gasteiger partial charge is 1.00 e.